The first-order chi connectivity index (χ1) is 11.5. The zero-order chi connectivity index (χ0) is 17.4. The quantitative estimate of drug-likeness (QED) is 0.629. The molecular formula is C20H25NO3. The van der Waals surface area contributed by atoms with E-state index in [0.29, 0.717) is 12.8 Å². The fourth-order valence-corrected chi connectivity index (χ4v) is 4.44. The summed E-state index contributed by atoms with van der Waals surface area (Å²) in [4.78, 5) is 30.9. The van der Waals surface area contributed by atoms with E-state index in [1.807, 2.05) is 0 Å². The van der Waals surface area contributed by atoms with Gasteiger partial charge < -0.3 is 4.84 Å². The zero-order valence-corrected chi connectivity index (χ0v) is 14.9. The van der Waals surface area contributed by atoms with Gasteiger partial charge in [-0.2, -0.15) is 0 Å². The van der Waals surface area contributed by atoms with E-state index in [4.69, 9.17) is 4.84 Å². The van der Waals surface area contributed by atoms with Gasteiger partial charge in [-0.25, -0.2) is 0 Å². The van der Waals surface area contributed by atoms with Gasteiger partial charge in [-0.15, -0.1) is 0 Å². The molecule has 3 rings (SSSR count). The van der Waals surface area contributed by atoms with Crippen LogP contribution in [0.1, 0.15) is 54.9 Å². The average Bonchev–Trinajstić information content (AvgIpc) is 3.07. The van der Waals surface area contributed by atoms with Gasteiger partial charge in [0.1, 0.15) is 13.0 Å². The number of aryl methyl sites for hydroxylation is 3. The summed E-state index contributed by atoms with van der Waals surface area (Å²) in [7, 11) is 1.50. The van der Waals surface area contributed by atoms with E-state index >= 15 is 0 Å². The lowest BCUT2D eigenvalue weighted by Crippen LogP contribution is -2.21. The summed E-state index contributed by atoms with van der Waals surface area (Å²) in [5.41, 5.74) is 5.30. The SMILES string of the molecule is CCc1cc(C)cc(CC)c1C1C(=O)[C@H]2CC(=NOC)C[C@H]2C1=O. The molecule has 2 saturated carbocycles. The number of Topliss-reactive ketones (excluding diaryl/α,β-unsaturated/α-hetero) is 2. The van der Waals surface area contributed by atoms with Gasteiger partial charge in [0.25, 0.3) is 0 Å². The van der Waals surface area contributed by atoms with Gasteiger partial charge in [0.15, 0.2) is 11.6 Å². The molecule has 0 heterocycles. The molecule has 2 aliphatic carbocycles. The minimum Gasteiger partial charge on any atom is -0.399 e. The summed E-state index contributed by atoms with van der Waals surface area (Å²) in [5, 5.41) is 3.96. The molecule has 0 saturated heterocycles. The summed E-state index contributed by atoms with van der Waals surface area (Å²) in [6.45, 7) is 6.25. The lowest BCUT2D eigenvalue weighted by atomic mass is 9.83. The fraction of sp³-hybridized carbons (Fsp3) is 0.550. The van der Waals surface area contributed by atoms with E-state index in [-0.39, 0.29) is 23.4 Å². The fourth-order valence-electron chi connectivity index (χ4n) is 4.44. The maximum Gasteiger partial charge on any atom is 0.151 e. The smallest absolute Gasteiger partial charge is 0.151 e. The van der Waals surface area contributed by atoms with Gasteiger partial charge in [-0.3, -0.25) is 9.59 Å². The second kappa shape index (κ2) is 6.50. The number of oxime groups is 1. The maximum absolute atomic E-state index is 13.1. The van der Waals surface area contributed by atoms with Crippen molar-refractivity contribution in [2.24, 2.45) is 17.0 Å². The molecular weight excluding hydrogens is 302 g/mol. The third-order valence-corrected chi connectivity index (χ3v) is 5.46. The van der Waals surface area contributed by atoms with E-state index < -0.39 is 5.92 Å². The van der Waals surface area contributed by atoms with Crippen LogP contribution in [0, 0.1) is 18.8 Å². The molecule has 1 aromatic carbocycles. The van der Waals surface area contributed by atoms with Crippen LogP contribution in [0.4, 0.5) is 0 Å². The summed E-state index contributed by atoms with van der Waals surface area (Å²) in [5.74, 6) is -0.840. The van der Waals surface area contributed by atoms with Crippen LogP contribution in [0.15, 0.2) is 17.3 Å². The molecule has 1 aromatic rings. The molecule has 0 aromatic heterocycles. The number of rotatable bonds is 4. The molecule has 24 heavy (non-hydrogen) atoms. The van der Waals surface area contributed by atoms with E-state index in [9.17, 15) is 9.59 Å². The normalized spacial score (nSPS) is 27.8. The second-order valence-electron chi connectivity index (χ2n) is 6.90. The summed E-state index contributed by atoms with van der Waals surface area (Å²) in [6.07, 6.45) is 2.81. The van der Waals surface area contributed by atoms with Gasteiger partial charge in [-0.05, 0) is 49.3 Å². The maximum atomic E-state index is 13.1. The van der Waals surface area contributed by atoms with E-state index in [0.717, 1.165) is 35.2 Å². The highest BCUT2D eigenvalue weighted by Crippen LogP contribution is 2.46. The molecule has 0 radical (unpaired) electrons. The highest BCUT2D eigenvalue weighted by atomic mass is 16.6. The highest BCUT2D eigenvalue weighted by Gasteiger charge is 2.54. The third-order valence-electron chi connectivity index (χ3n) is 5.46. The van der Waals surface area contributed by atoms with Crippen LogP contribution >= 0.6 is 0 Å². The Balaban J connectivity index is 2.03. The van der Waals surface area contributed by atoms with Crippen molar-refractivity contribution < 1.29 is 14.4 Å². The molecule has 0 spiro atoms. The van der Waals surface area contributed by atoms with Crippen LogP contribution in [-0.4, -0.2) is 24.4 Å². The standard InChI is InChI=1S/C20H25NO3/c1-5-12-7-11(3)8-13(6-2)17(12)18-19(22)15-9-14(21-24-4)10-16(15)20(18)23/h7-8,15-16,18H,5-6,9-10H2,1-4H3/t15-,16+,18?. The second-order valence-corrected chi connectivity index (χ2v) is 6.90. The van der Waals surface area contributed by atoms with Gasteiger partial charge in [0.2, 0.25) is 0 Å². The minimum absolute atomic E-state index is 0.0829. The number of hydrogen-bond acceptors (Lipinski definition) is 4. The van der Waals surface area contributed by atoms with Crippen LogP contribution in [0.5, 0.6) is 0 Å². The summed E-state index contributed by atoms with van der Waals surface area (Å²) < 4.78 is 0. The molecule has 2 aliphatic rings. The number of carbonyl (C=O) groups excluding carboxylic acids is 2. The molecule has 0 aliphatic heterocycles. The van der Waals surface area contributed by atoms with Crippen molar-refractivity contribution in [1.82, 2.24) is 0 Å². The zero-order valence-electron chi connectivity index (χ0n) is 14.9. The largest absolute Gasteiger partial charge is 0.399 e. The predicted molar refractivity (Wildman–Crippen MR) is 93.3 cm³/mol. The van der Waals surface area contributed by atoms with Crippen LogP contribution in [-0.2, 0) is 27.3 Å². The van der Waals surface area contributed by atoms with E-state index in [1.54, 1.807) is 0 Å². The van der Waals surface area contributed by atoms with Gasteiger partial charge in [0, 0.05) is 11.8 Å². The number of fused-ring (bicyclic) bond motifs is 1. The predicted octanol–water partition coefficient (Wildman–Crippen LogP) is 3.38. The number of benzene rings is 1. The number of hydrogen-bond donors (Lipinski definition) is 0. The Kier molecular flexibility index (Phi) is 4.57. The number of carbonyl (C=O) groups is 2. The molecule has 3 atom stereocenters. The number of nitrogens with zero attached hydrogens (tertiary/aromatic N) is 1. The summed E-state index contributed by atoms with van der Waals surface area (Å²) in [6, 6.07) is 4.25. The van der Waals surface area contributed by atoms with Crippen LogP contribution in [0.2, 0.25) is 0 Å². The van der Waals surface area contributed by atoms with Crippen LogP contribution in [0.3, 0.4) is 0 Å². The van der Waals surface area contributed by atoms with Gasteiger partial charge >= 0.3 is 0 Å². The molecule has 2 fully saturated rings. The van der Waals surface area contributed by atoms with Crippen molar-refractivity contribution in [3.63, 3.8) is 0 Å². The van der Waals surface area contributed by atoms with Gasteiger partial charge in [-0.1, -0.05) is 36.7 Å². The highest BCUT2D eigenvalue weighted by molar-refractivity contribution is 6.19. The molecule has 1 unspecified atom stereocenters. The molecule has 4 heteroatoms. The Morgan fingerprint density at radius 1 is 1.04 bits per heavy atom. The lowest BCUT2D eigenvalue weighted by Gasteiger charge is -2.19. The van der Waals surface area contributed by atoms with Crippen LogP contribution in [0.25, 0.3) is 0 Å². The number of ketones is 2. The van der Waals surface area contributed by atoms with Gasteiger partial charge in [0.05, 0.1) is 5.71 Å². The Bertz CT molecular complexity index is 669. The van der Waals surface area contributed by atoms with E-state index in [2.05, 4.69) is 38.1 Å². The molecule has 0 amide bonds. The van der Waals surface area contributed by atoms with Crippen molar-refractivity contribution in [1.29, 1.82) is 0 Å². The first-order valence-electron chi connectivity index (χ1n) is 8.80. The van der Waals surface area contributed by atoms with Crippen molar-refractivity contribution in [2.45, 2.75) is 52.4 Å². The van der Waals surface area contributed by atoms with Crippen molar-refractivity contribution in [3.05, 3.63) is 34.4 Å². The monoisotopic (exact) mass is 327 g/mol. The average molecular weight is 327 g/mol. The lowest BCUT2D eigenvalue weighted by molar-refractivity contribution is -0.125. The van der Waals surface area contributed by atoms with Crippen molar-refractivity contribution in [2.75, 3.05) is 7.11 Å². The van der Waals surface area contributed by atoms with E-state index in [1.165, 1.54) is 12.7 Å². The third kappa shape index (κ3) is 2.58. The summed E-state index contributed by atoms with van der Waals surface area (Å²) >= 11 is 0. The molecule has 4 nitrogen and oxygen atoms in total. The Morgan fingerprint density at radius 3 is 1.96 bits per heavy atom. The molecule has 0 N–H and O–H groups in total. The van der Waals surface area contributed by atoms with Crippen molar-refractivity contribution in [3.8, 4) is 0 Å². The Hall–Kier alpha value is -1.97. The molecule has 128 valence electrons. The Labute approximate surface area is 143 Å². The van der Waals surface area contributed by atoms with Crippen LogP contribution < -0.4 is 0 Å². The minimum atomic E-state index is -0.574. The Morgan fingerprint density at radius 2 is 1.54 bits per heavy atom. The van der Waals surface area contributed by atoms with Crippen molar-refractivity contribution >= 4 is 17.3 Å². The first-order valence-corrected chi connectivity index (χ1v) is 8.80. The first kappa shape index (κ1) is 16.9. The topological polar surface area (TPSA) is 55.7 Å². The molecule has 0 bridgehead atoms.